The summed E-state index contributed by atoms with van der Waals surface area (Å²) in [6.45, 7) is 5.61. The Hall–Kier alpha value is -1.40. The number of carbonyl (C=O) groups is 1. The second-order valence-electron chi connectivity index (χ2n) is 10.1. The highest BCUT2D eigenvalue weighted by Gasteiger charge is 2.76. The van der Waals surface area contributed by atoms with E-state index in [1.807, 2.05) is 12.1 Å². The predicted molar refractivity (Wildman–Crippen MR) is 105 cm³/mol. The first kappa shape index (κ1) is 17.5. The van der Waals surface area contributed by atoms with Gasteiger partial charge in [0.15, 0.2) is 0 Å². The molecule has 2 aliphatic heterocycles. The van der Waals surface area contributed by atoms with Crippen LogP contribution in [0.25, 0.3) is 0 Å². The number of fused-ring (bicyclic) bond motifs is 2. The lowest BCUT2D eigenvalue weighted by molar-refractivity contribution is -0.126. The van der Waals surface area contributed by atoms with Crippen LogP contribution in [0.15, 0.2) is 18.2 Å². The first-order valence-electron chi connectivity index (χ1n) is 10.5. The fraction of sp³-hybridized carbons (Fsp3) is 0.682. The maximum Gasteiger partial charge on any atom is 0.215 e. The number of ketones is 1. The number of sulfonamides is 1. The fourth-order valence-electron chi connectivity index (χ4n) is 7.43. The number of hydrogen-bond acceptors (Lipinski definition) is 4. The quantitative estimate of drug-likeness (QED) is 0.845. The Balaban J connectivity index is 1.34. The molecule has 3 saturated carbocycles. The molecule has 5 aliphatic rings. The van der Waals surface area contributed by atoms with E-state index in [1.54, 1.807) is 0 Å². The van der Waals surface area contributed by atoms with Crippen LogP contribution in [0, 0.1) is 28.6 Å². The summed E-state index contributed by atoms with van der Waals surface area (Å²) in [4.78, 5) is 13.7. The fourth-order valence-corrected chi connectivity index (χ4v) is 9.87. The minimum atomic E-state index is -3.42. The van der Waals surface area contributed by atoms with E-state index in [9.17, 15) is 13.2 Å². The number of hydrogen-bond donors (Lipinski definition) is 1. The molecule has 3 aliphatic carbocycles. The molecule has 1 saturated heterocycles. The molecule has 150 valence electrons. The lowest BCUT2D eigenvalue weighted by Crippen LogP contribution is -2.43. The molecule has 6 atom stereocenters. The highest BCUT2D eigenvalue weighted by atomic mass is 32.2. The van der Waals surface area contributed by atoms with Gasteiger partial charge in [0.25, 0.3) is 0 Å². The van der Waals surface area contributed by atoms with E-state index < -0.39 is 15.3 Å². The van der Waals surface area contributed by atoms with Gasteiger partial charge in [-0.25, -0.2) is 13.1 Å². The zero-order chi connectivity index (χ0) is 19.5. The van der Waals surface area contributed by atoms with Gasteiger partial charge in [0.2, 0.25) is 10.0 Å². The van der Waals surface area contributed by atoms with Gasteiger partial charge in [0.1, 0.15) is 11.5 Å². The van der Waals surface area contributed by atoms with Crippen LogP contribution in [-0.2, 0) is 21.2 Å². The van der Waals surface area contributed by atoms with E-state index in [2.05, 4.69) is 24.6 Å². The zero-order valence-corrected chi connectivity index (χ0v) is 17.2. The third-order valence-corrected chi connectivity index (χ3v) is 11.0. The van der Waals surface area contributed by atoms with Crippen molar-refractivity contribution in [3.05, 3.63) is 29.3 Å². The van der Waals surface area contributed by atoms with Crippen LogP contribution in [0.3, 0.4) is 0 Å². The van der Waals surface area contributed by atoms with Gasteiger partial charge >= 0.3 is 0 Å². The van der Waals surface area contributed by atoms with E-state index in [0.29, 0.717) is 13.2 Å². The minimum Gasteiger partial charge on any atom is -0.493 e. The van der Waals surface area contributed by atoms with Crippen molar-refractivity contribution in [1.82, 2.24) is 4.72 Å². The molecular weight excluding hydrogens is 374 g/mol. The van der Waals surface area contributed by atoms with Crippen molar-refractivity contribution in [3.8, 4) is 5.75 Å². The van der Waals surface area contributed by atoms with E-state index >= 15 is 0 Å². The molecule has 4 fully saturated rings. The molecule has 5 nitrogen and oxygen atoms in total. The molecule has 1 aromatic carbocycles. The molecular formula is C22H27NO4S. The van der Waals surface area contributed by atoms with Crippen LogP contribution in [0.5, 0.6) is 5.75 Å². The summed E-state index contributed by atoms with van der Waals surface area (Å²) < 4.78 is 34.3. The summed E-state index contributed by atoms with van der Waals surface area (Å²) in [5.74, 6) is 1.22. The summed E-state index contributed by atoms with van der Waals surface area (Å²) >= 11 is 0. The van der Waals surface area contributed by atoms with Crippen molar-refractivity contribution in [2.24, 2.45) is 28.6 Å². The van der Waals surface area contributed by atoms with E-state index in [0.717, 1.165) is 31.4 Å². The van der Waals surface area contributed by atoms with Crippen molar-refractivity contribution in [1.29, 1.82) is 0 Å². The average Bonchev–Trinajstić information content (AvgIpc) is 2.99. The summed E-state index contributed by atoms with van der Waals surface area (Å²) in [6, 6.07) is 6.15. The molecule has 1 spiro atoms. The van der Waals surface area contributed by atoms with Crippen molar-refractivity contribution in [3.63, 3.8) is 0 Å². The number of Topliss-reactive ketones (excluding diaryl/α,β-unsaturated/α-hetero) is 1. The number of carbonyl (C=O) groups excluding carboxylic acids is 1. The van der Waals surface area contributed by atoms with Crippen molar-refractivity contribution in [2.75, 3.05) is 13.2 Å². The highest BCUT2D eigenvalue weighted by Crippen LogP contribution is 2.72. The topological polar surface area (TPSA) is 72.5 Å². The van der Waals surface area contributed by atoms with Gasteiger partial charge in [-0.2, -0.15) is 0 Å². The van der Waals surface area contributed by atoms with Crippen LogP contribution >= 0.6 is 0 Å². The molecule has 2 heterocycles. The third kappa shape index (κ3) is 1.91. The van der Waals surface area contributed by atoms with Crippen molar-refractivity contribution in [2.45, 2.75) is 50.7 Å². The third-order valence-electron chi connectivity index (χ3n) is 9.00. The molecule has 0 radical (unpaired) electrons. The van der Waals surface area contributed by atoms with Crippen LogP contribution in [-0.4, -0.2) is 32.6 Å². The van der Waals surface area contributed by atoms with Crippen LogP contribution in [0.1, 0.15) is 50.2 Å². The second kappa shape index (κ2) is 5.20. The summed E-state index contributed by atoms with van der Waals surface area (Å²) in [6.07, 6.45) is 3.66. The monoisotopic (exact) mass is 401 g/mol. The number of rotatable bonds is 3. The Morgan fingerprint density at radius 2 is 2.11 bits per heavy atom. The van der Waals surface area contributed by atoms with Gasteiger partial charge in [-0.1, -0.05) is 26.0 Å². The van der Waals surface area contributed by atoms with Gasteiger partial charge in [-0.3, -0.25) is 4.79 Å². The highest BCUT2D eigenvalue weighted by molar-refractivity contribution is 7.90. The van der Waals surface area contributed by atoms with Gasteiger partial charge in [0.05, 0.1) is 11.9 Å². The molecule has 0 aromatic heterocycles. The van der Waals surface area contributed by atoms with E-state index in [4.69, 9.17) is 4.74 Å². The zero-order valence-electron chi connectivity index (χ0n) is 16.4. The van der Waals surface area contributed by atoms with Gasteiger partial charge < -0.3 is 4.74 Å². The molecule has 1 N–H and O–H groups in total. The molecule has 2 bridgehead atoms. The molecule has 1 aromatic rings. The Bertz CT molecular complexity index is 1000. The largest absolute Gasteiger partial charge is 0.493 e. The molecule has 6 heteroatoms. The van der Waals surface area contributed by atoms with Gasteiger partial charge in [-0.05, 0) is 48.1 Å². The Labute approximate surface area is 166 Å². The summed E-state index contributed by atoms with van der Waals surface area (Å²) in [7, 11) is -3.42. The first-order chi connectivity index (χ1) is 13.3. The second-order valence-corrected chi connectivity index (χ2v) is 12.0. The smallest absolute Gasteiger partial charge is 0.215 e. The van der Waals surface area contributed by atoms with Gasteiger partial charge in [0, 0.05) is 35.8 Å². The van der Waals surface area contributed by atoms with E-state index in [1.165, 1.54) is 11.1 Å². The number of ether oxygens (including phenoxy) is 1. The maximum absolute atomic E-state index is 13.7. The predicted octanol–water partition coefficient (Wildman–Crippen LogP) is 2.65. The van der Waals surface area contributed by atoms with Crippen molar-refractivity contribution < 1.29 is 17.9 Å². The first-order valence-corrected chi connectivity index (χ1v) is 12.1. The SMILES string of the molecule is CC1(C)C2CCC13CNS(=O)(=O)C3C2C(=O)[C@@H]1C[C@H]1c1cccc2c1CCO2. The Morgan fingerprint density at radius 3 is 2.93 bits per heavy atom. The van der Waals surface area contributed by atoms with Crippen LogP contribution in [0.2, 0.25) is 0 Å². The average molecular weight is 402 g/mol. The molecule has 28 heavy (non-hydrogen) atoms. The standard InChI is InChI=1S/C22H27NO4S/c1-21(2)16-6-8-22(21)11-23-28(25,26)20(22)18(16)19(24)15-10-14(15)12-4-3-5-17-13(12)7-9-27-17/h3-5,14-16,18,20,23H,6-11H2,1-2H3/t14-,15+,16?,18?,20?,22?/m0/s1. The van der Waals surface area contributed by atoms with Gasteiger partial charge in [-0.15, -0.1) is 0 Å². The van der Waals surface area contributed by atoms with Crippen LogP contribution < -0.4 is 9.46 Å². The minimum absolute atomic E-state index is 0.0277. The maximum atomic E-state index is 13.7. The van der Waals surface area contributed by atoms with Crippen molar-refractivity contribution >= 4 is 15.8 Å². The lowest BCUT2D eigenvalue weighted by Gasteiger charge is -2.36. The lowest BCUT2D eigenvalue weighted by atomic mass is 9.69. The normalized spacial score (nSPS) is 43.4. The molecule has 6 rings (SSSR count). The molecule has 0 amide bonds. The summed E-state index contributed by atoms with van der Waals surface area (Å²) in [5.41, 5.74) is 2.12. The van der Waals surface area contributed by atoms with Crippen LogP contribution in [0.4, 0.5) is 0 Å². The number of benzene rings is 1. The Kier molecular flexibility index (Phi) is 3.24. The Morgan fingerprint density at radius 1 is 1.29 bits per heavy atom. The number of nitrogens with one attached hydrogen (secondary N) is 1. The summed E-state index contributed by atoms with van der Waals surface area (Å²) in [5, 5.41) is -0.535. The van der Waals surface area contributed by atoms with E-state index in [-0.39, 0.29) is 40.3 Å². The molecule has 4 unspecified atom stereocenters.